The van der Waals surface area contributed by atoms with Crippen LogP contribution in [0.4, 0.5) is 5.69 Å². The molecule has 1 aromatic carbocycles. The summed E-state index contributed by atoms with van der Waals surface area (Å²) in [4.78, 5) is 35.8. The molecule has 3 aromatic heterocycles. The van der Waals surface area contributed by atoms with Gasteiger partial charge in [-0.05, 0) is 42.5 Å². The van der Waals surface area contributed by atoms with Gasteiger partial charge in [0.2, 0.25) is 5.88 Å². The van der Waals surface area contributed by atoms with E-state index in [1.807, 2.05) is 16.8 Å². The zero-order valence-corrected chi connectivity index (χ0v) is 20.2. The largest absolute Gasteiger partial charge is 0.481 e. The molecule has 0 saturated carbocycles. The van der Waals surface area contributed by atoms with Gasteiger partial charge in [0.1, 0.15) is 0 Å². The molecule has 10 nitrogen and oxygen atoms in total. The molecule has 0 aliphatic carbocycles. The SMILES string of the molecule is COCc1cc2c(cc1C(=O)N1CCc3cc(OC)ncc31)[nH]c(=O)c1cnn(C3CCOCC3)c12. The number of carbonyl (C=O) groups excluding carboxylic acids is 1. The number of nitrogens with zero attached hydrogens (tertiary/aromatic N) is 4. The van der Waals surface area contributed by atoms with Gasteiger partial charge in [0.15, 0.2) is 0 Å². The number of fused-ring (bicyclic) bond motifs is 4. The van der Waals surface area contributed by atoms with Crippen molar-refractivity contribution >= 4 is 33.4 Å². The first-order valence-electron chi connectivity index (χ1n) is 12.1. The van der Waals surface area contributed by atoms with Crippen LogP contribution < -0.4 is 15.2 Å². The van der Waals surface area contributed by atoms with Crippen LogP contribution in [-0.2, 0) is 22.5 Å². The third-order valence-electron chi connectivity index (χ3n) is 7.14. The molecule has 1 fully saturated rings. The van der Waals surface area contributed by atoms with E-state index >= 15 is 0 Å². The molecule has 10 heteroatoms. The van der Waals surface area contributed by atoms with Gasteiger partial charge in [-0.2, -0.15) is 5.10 Å². The molecule has 4 aromatic rings. The number of benzene rings is 1. The first kappa shape index (κ1) is 22.7. The molecule has 0 atom stereocenters. The predicted octanol–water partition coefficient (Wildman–Crippen LogP) is 2.98. The van der Waals surface area contributed by atoms with Gasteiger partial charge in [-0.1, -0.05) is 0 Å². The fourth-order valence-electron chi connectivity index (χ4n) is 5.34. The summed E-state index contributed by atoms with van der Waals surface area (Å²) in [5, 5.41) is 5.95. The van der Waals surface area contributed by atoms with Crippen LogP contribution in [0.2, 0.25) is 0 Å². The topological polar surface area (TPSA) is 112 Å². The van der Waals surface area contributed by atoms with E-state index in [-0.39, 0.29) is 24.1 Å². The maximum absolute atomic E-state index is 13.8. The summed E-state index contributed by atoms with van der Waals surface area (Å²) in [5.74, 6) is 0.366. The van der Waals surface area contributed by atoms with Crippen molar-refractivity contribution in [3.63, 3.8) is 0 Å². The van der Waals surface area contributed by atoms with E-state index in [2.05, 4.69) is 15.1 Å². The van der Waals surface area contributed by atoms with E-state index in [1.54, 1.807) is 37.6 Å². The van der Waals surface area contributed by atoms with Crippen LogP contribution in [-0.4, -0.2) is 59.6 Å². The average Bonchev–Trinajstić information content (AvgIpc) is 3.54. The summed E-state index contributed by atoms with van der Waals surface area (Å²) in [6.45, 7) is 2.13. The Morgan fingerprint density at radius 2 is 2.00 bits per heavy atom. The number of ether oxygens (including phenoxy) is 3. The summed E-state index contributed by atoms with van der Waals surface area (Å²) in [6.07, 6.45) is 5.68. The lowest BCUT2D eigenvalue weighted by molar-refractivity contribution is 0.0675. The van der Waals surface area contributed by atoms with Crippen LogP contribution in [0.25, 0.3) is 21.8 Å². The molecule has 2 aliphatic rings. The first-order valence-corrected chi connectivity index (χ1v) is 12.1. The Bertz CT molecular complexity index is 1540. The van der Waals surface area contributed by atoms with Crippen molar-refractivity contribution in [1.82, 2.24) is 19.7 Å². The van der Waals surface area contributed by atoms with Gasteiger partial charge in [0, 0.05) is 43.9 Å². The minimum Gasteiger partial charge on any atom is -0.481 e. The first-order chi connectivity index (χ1) is 17.6. The average molecular weight is 490 g/mol. The summed E-state index contributed by atoms with van der Waals surface area (Å²) in [5.41, 5.74) is 4.16. The highest BCUT2D eigenvalue weighted by Gasteiger charge is 2.29. The van der Waals surface area contributed by atoms with Crippen LogP contribution in [0.5, 0.6) is 5.88 Å². The zero-order valence-electron chi connectivity index (χ0n) is 20.2. The quantitative estimate of drug-likeness (QED) is 0.459. The maximum atomic E-state index is 13.8. The Balaban J connectivity index is 1.49. The summed E-state index contributed by atoms with van der Waals surface area (Å²) >= 11 is 0. The van der Waals surface area contributed by atoms with Crippen molar-refractivity contribution in [3.8, 4) is 5.88 Å². The highest BCUT2D eigenvalue weighted by Crippen LogP contribution is 2.34. The van der Waals surface area contributed by atoms with Crippen LogP contribution >= 0.6 is 0 Å². The second-order valence-electron chi connectivity index (χ2n) is 9.20. The van der Waals surface area contributed by atoms with Crippen molar-refractivity contribution in [2.75, 3.05) is 38.9 Å². The van der Waals surface area contributed by atoms with Crippen LogP contribution in [0.1, 0.15) is 40.4 Å². The van der Waals surface area contributed by atoms with Crippen molar-refractivity contribution in [2.45, 2.75) is 31.9 Å². The number of hydrogen-bond acceptors (Lipinski definition) is 7. The molecule has 6 rings (SSSR count). The van der Waals surface area contributed by atoms with Gasteiger partial charge in [0.05, 0.1) is 54.3 Å². The molecule has 36 heavy (non-hydrogen) atoms. The predicted molar refractivity (Wildman–Crippen MR) is 134 cm³/mol. The number of pyridine rings is 2. The molecule has 1 saturated heterocycles. The lowest BCUT2D eigenvalue weighted by Gasteiger charge is -2.24. The summed E-state index contributed by atoms with van der Waals surface area (Å²) in [6, 6.07) is 5.73. The van der Waals surface area contributed by atoms with Gasteiger partial charge in [0.25, 0.3) is 11.5 Å². The van der Waals surface area contributed by atoms with E-state index < -0.39 is 0 Å². The van der Waals surface area contributed by atoms with Crippen LogP contribution in [0.3, 0.4) is 0 Å². The number of anilines is 1. The molecule has 0 spiro atoms. The van der Waals surface area contributed by atoms with E-state index in [9.17, 15) is 9.59 Å². The Hall–Kier alpha value is -3.76. The Morgan fingerprint density at radius 1 is 1.17 bits per heavy atom. The van der Waals surface area contributed by atoms with Crippen LogP contribution in [0.15, 0.2) is 35.4 Å². The molecule has 0 unspecified atom stereocenters. The fraction of sp³-hybridized carbons (Fsp3) is 0.385. The van der Waals surface area contributed by atoms with E-state index in [1.165, 1.54) is 0 Å². The second-order valence-corrected chi connectivity index (χ2v) is 9.20. The van der Waals surface area contributed by atoms with E-state index in [0.717, 1.165) is 47.0 Å². The third-order valence-corrected chi connectivity index (χ3v) is 7.14. The molecule has 2 aliphatic heterocycles. The van der Waals surface area contributed by atoms with Gasteiger partial charge in [-0.25, -0.2) is 4.98 Å². The molecule has 1 N–H and O–H groups in total. The van der Waals surface area contributed by atoms with Gasteiger partial charge in [-0.3, -0.25) is 14.3 Å². The molecule has 0 radical (unpaired) electrons. The van der Waals surface area contributed by atoms with Crippen LogP contribution in [0, 0.1) is 0 Å². The van der Waals surface area contributed by atoms with E-state index in [0.29, 0.717) is 42.1 Å². The molecule has 1 amide bonds. The number of amides is 1. The normalized spacial score (nSPS) is 16.1. The molecule has 0 bridgehead atoms. The number of hydrogen-bond donors (Lipinski definition) is 1. The number of nitrogens with one attached hydrogen (secondary N) is 1. The standard InChI is InChI=1S/C26H27N5O5/c1-34-14-16-9-19-21(29-25(32)20-12-28-31(24(19)20)17-4-7-36-8-5-17)11-18(16)26(33)30-6-3-15-10-23(35-2)27-13-22(15)30/h9-13,17H,3-8,14H2,1-2H3,(H,29,32). The fourth-order valence-corrected chi connectivity index (χ4v) is 5.34. The maximum Gasteiger partial charge on any atom is 0.259 e. The minimum atomic E-state index is -0.225. The minimum absolute atomic E-state index is 0.152. The summed E-state index contributed by atoms with van der Waals surface area (Å²) < 4.78 is 18.2. The van der Waals surface area contributed by atoms with Crippen molar-refractivity contribution in [3.05, 3.63) is 57.6 Å². The van der Waals surface area contributed by atoms with Gasteiger partial charge < -0.3 is 24.1 Å². The summed E-state index contributed by atoms with van der Waals surface area (Å²) in [7, 11) is 3.18. The van der Waals surface area contributed by atoms with Gasteiger partial charge >= 0.3 is 0 Å². The number of carbonyl (C=O) groups is 1. The third kappa shape index (κ3) is 3.64. The van der Waals surface area contributed by atoms with E-state index in [4.69, 9.17) is 14.2 Å². The van der Waals surface area contributed by atoms with Crippen molar-refractivity contribution in [2.24, 2.45) is 0 Å². The molecular formula is C26H27N5O5. The lowest BCUT2D eigenvalue weighted by Crippen LogP contribution is -2.30. The number of H-pyrrole nitrogens is 1. The lowest BCUT2D eigenvalue weighted by atomic mass is 10.0. The number of aromatic amines is 1. The number of methoxy groups -OCH3 is 2. The molecule has 5 heterocycles. The second kappa shape index (κ2) is 9.03. The number of rotatable bonds is 5. The Morgan fingerprint density at radius 3 is 2.78 bits per heavy atom. The van der Waals surface area contributed by atoms with Crippen molar-refractivity contribution in [1.29, 1.82) is 0 Å². The monoisotopic (exact) mass is 489 g/mol. The molecular weight excluding hydrogens is 462 g/mol. The molecule has 186 valence electrons. The Kier molecular flexibility index (Phi) is 5.69. The number of aromatic nitrogens is 4. The Labute approximate surface area is 206 Å². The van der Waals surface area contributed by atoms with Gasteiger partial charge in [-0.15, -0.1) is 0 Å². The smallest absolute Gasteiger partial charge is 0.259 e. The zero-order chi connectivity index (χ0) is 24.8. The highest BCUT2D eigenvalue weighted by atomic mass is 16.5. The van der Waals surface area contributed by atoms with Crippen molar-refractivity contribution < 1.29 is 19.0 Å². The highest BCUT2D eigenvalue weighted by molar-refractivity contribution is 6.12.